The Balaban J connectivity index is 1.76. The van der Waals surface area contributed by atoms with Crippen molar-refractivity contribution in [3.63, 3.8) is 0 Å². The standard InChI is InChI=1S/C15H19N3O4S/c1-9-7-18(13-5-11(20)12(8-19)22-13)15(21)17-14(9)16-6-10-3-2-4-23-10/h2-4,7,11-13,19-20H,5-6,8H2,1H3,(H,16,17,21)/t11-,12+,13-/m1/s1. The number of aliphatic hydroxyl groups is 2. The molecule has 0 spiro atoms. The number of aromatic nitrogens is 2. The molecule has 3 atom stereocenters. The molecule has 8 heteroatoms. The molecule has 0 amide bonds. The first-order valence-corrected chi connectivity index (χ1v) is 8.27. The average molecular weight is 337 g/mol. The van der Waals surface area contributed by atoms with E-state index in [0.29, 0.717) is 12.4 Å². The van der Waals surface area contributed by atoms with Gasteiger partial charge in [-0.25, -0.2) is 4.79 Å². The number of nitrogens with one attached hydrogen (secondary N) is 1. The molecule has 23 heavy (non-hydrogen) atoms. The highest BCUT2D eigenvalue weighted by molar-refractivity contribution is 7.09. The number of anilines is 1. The van der Waals surface area contributed by atoms with Crippen LogP contribution in [0.4, 0.5) is 5.82 Å². The summed E-state index contributed by atoms with van der Waals surface area (Å²) in [7, 11) is 0. The van der Waals surface area contributed by atoms with Crippen molar-refractivity contribution in [2.45, 2.75) is 38.3 Å². The molecule has 3 N–H and O–H groups in total. The summed E-state index contributed by atoms with van der Waals surface area (Å²) in [4.78, 5) is 17.5. The van der Waals surface area contributed by atoms with E-state index >= 15 is 0 Å². The van der Waals surface area contributed by atoms with Crippen LogP contribution in [0.3, 0.4) is 0 Å². The van der Waals surface area contributed by atoms with Crippen molar-refractivity contribution < 1.29 is 14.9 Å². The zero-order valence-corrected chi connectivity index (χ0v) is 13.5. The van der Waals surface area contributed by atoms with Crippen molar-refractivity contribution >= 4 is 17.2 Å². The van der Waals surface area contributed by atoms with Crippen molar-refractivity contribution in [1.29, 1.82) is 0 Å². The van der Waals surface area contributed by atoms with E-state index in [9.17, 15) is 9.90 Å². The van der Waals surface area contributed by atoms with Gasteiger partial charge < -0.3 is 20.3 Å². The second-order valence-electron chi connectivity index (χ2n) is 5.51. The summed E-state index contributed by atoms with van der Waals surface area (Å²) in [5, 5.41) is 24.1. The molecule has 0 radical (unpaired) electrons. The van der Waals surface area contributed by atoms with E-state index in [1.54, 1.807) is 17.5 Å². The summed E-state index contributed by atoms with van der Waals surface area (Å²) < 4.78 is 6.87. The maximum Gasteiger partial charge on any atom is 0.351 e. The van der Waals surface area contributed by atoms with Gasteiger partial charge in [-0.1, -0.05) is 6.07 Å². The summed E-state index contributed by atoms with van der Waals surface area (Å²) in [5.74, 6) is 0.539. The first kappa shape index (κ1) is 16.1. The monoisotopic (exact) mass is 337 g/mol. The van der Waals surface area contributed by atoms with E-state index in [4.69, 9.17) is 9.84 Å². The number of thiophene rings is 1. The molecule has 1 aliphatic rings. The van der Waals surface area contributed by atoms with Crippen molar-refractivity contribution in [2.75, 3.05) is 11.9 Å². The van der Waals surface area contributed by atoms with Crippen molar-refractivity contribution in [2.24, 2.45) is 0 Å². The van der Waals surface area contributed by atoms with Crippen LogP contribution in [0.1, 0.15) is 23.1 Å². The summed E-state index contributed by atoms with van der Waals surface area (Å²) in [5.41, 5.74) is 0.367. The van der Waals surface area contributed by atoms with Crippen LogP contribution in [0, 0.1) is 6.92 Å². The minimum Gasteiger partial charge on any atom is -0.394 e. The molecular formula is C15H19N3O4S. The molecule has 3 heterocycles. The molecule has 0 saturated carbocycles. The lowest BCUT2D eigenvalue weighted by atomic mass is 10.2. The zero-order chi connectivity index (χ0) is 16.4. The lowest BCUT2D eigenvalue weighted by Crippen LogP contribution is -2.29. The molecule has 2 aromatic rings. The van der Waals surface area contributed by atoms with E-state index in [-0.39, 0.29) is 13.0 Å². The fraction of sp³-hybridized carbons (Fsp3) is 0.467. The Bertz CT molecular complexity index is 716. The molecule has 1 aliphatic heterocycles. The SMILES string of the molecule is Cc1cn([C@H]2C[C@@H](O)[C@H](CO)O2)c(=O)nc1NCc1cccs1. The first-order valence-electron chi connectivity index (χ1n) is 7.39. The normalized spacial score (nSPS) is 24.0. The third-order valence-corrected chi connectivity index (χ3v) is 4.72. The highest BCUT2D eigenvalue weighted by Gasteiger charge is 2.35. The van der Waals surface area contributed by atoms with Gasteiger partial charge in [0.15, 0.2) is 0 Å². The second-order valence-corrected chi connectivity index (χ2v) is 6.54. The summed E-state index contributed by atoms with van der Waals surface area (Å²) in [6.45, 7) is 2.19. The molecule has 0 aliphatic carbocycles. The molecule has 0 bridgehead atoms. The molecule has 1 fully saturated rings. The molecule has 2 aromatic heterocycles. The van der Waals surface area contributed by atoms with Gasteiger partial charge in [0.1, 0.15) is 18.1 Å². The molecule has 0 aromatic carbocycles. The van der Waals surface area contributed by atoms with Gasteiger partial charge >= 0.3 is 5.69 Å². The maximum absolute atomic E-state index is 12.2. The number of aryl methyl sites for hydroxylation is 1. The maximum atomic E-state index is 12.2. The third kappa shape index (κ3) is 3.45. The van der Waals surface area contributed by atoms with Gasteiger partial charge in [-0.3, -0.25) is 4.57 Å². The number of aliphatic hydroxyl groups excluding tert-OH is 2. The van der Waals surface area contributed by atoms with Gasteiger partial charge in [-0.2, -0.15) is 4.98 Å². The zero-order valence-electron chi connectivity index (χ0n) is 12.7. The Morgan fingerprint density at radius 2 is 2.39 bits per heavy atom. The Hall–Kier alpha value is -1.74. The lowest BCUT2D eigenvalue weighted by Gasteiger charge is -2.16. The van der Waals surface area contributed by atoms with Crippen LogP contribution in [-0.4, -0.2) is 38.6 Å². The molecule has 124 valence electrons. The van der Waals surface area contributed by atoms with E-state index in [1.165, 1.54) is 4.57 Å². The molecule has 7 nitrogen and oxygen atoms in total. The minimum atomic E-state index is -0.783. The predicted octanol–water partition coefficient (Wildman–Crippen LogP) is 0.866. The van der Waals surface area contributed by atoms with Crippen molar-refractivity contribution in [3.05, 3.63) is 44.6 Å². The van der Waals surface area contributed by atoms with Gasteiger partial charge in [0, 0.05) is 23.1 Å². The fourth-order valence-corrected chi connectivity index (χ4v) is 3.23. The largest absolute Gasteiger partial charge is 0.394 e. The first-order chi connectivity index (χ1) is 11.1. The summed E-state index contributed by atoms with van der Waals surface area (Å²) in [6, 6.07) is 3.98. The second kappa shape index (κ2) is 6.79. The molecule has 0 unspecified atom stereocenters. The third-order valence-electron chi connectivity index (χ3n) is 3.84. The molecule has 3 rings (SSSR count). The highest BCUT2D eigenvalue weighted by atomic mass is 32.1. The topological polar surface area (TPSA) is 96.6 Å². The lowest BCUT2D eigenvalue weighted by molar-refractivity contribution is -0.0459. The highest BCUT2D eigenvalue weighted by Crippen LogP contribution is 2.28. The predicted molar refractivity (Wildman–Crippen MR) is 86.5 cm³/mol. The summed E-state index contributed by atoms with van der Waals surface area (Å²) >= 11 is 1.63. The van der Waals surface area contributed by atoms with Crippen LogP contribution in [-0.2, 0) is 11.3 Å². The van der Waals surface area contributed by atoms with Gasteiger partial charge in [0.2, 0.25) is 0 Å². The van der Waals surface area contributed by atoms with Crippen LogP contribution in [0.25, 0.3) is 0 Å². The Morgan fingerprint density at radius 3 is 3.04 bits per heavy atom. The van der Waals surface area contributed by atoms with E-state index < -0.39 is 24.1 Å². The Labute approximate surface area is 137 Å². The number of nitrogens with zero attached hydrogens (tertiary/aromatic N) is 2. The summed E-state index contributed by atoms with van der Waals surface area (Å²) in [6.07, 6.45) is -0.123. The fourth-order valence-electron chi connectivity index (χ4n) is 2.59. The number of hydrogen-bond donors (Lipinski definition) is 3. The van der Waals surface area contributed by atoms with Crippen molar-refractivity contribution in [1.82, 2.24) is 9.55 Å². The van der Waals surface area contributed by atoms with Gasteiger partial charge in [-0.15, -0.1) is 11.3 Å². The van der Waals surface area contributed by atoms with E-state index in [2.05, 4.69) is 10.3 Å². The molecular weight excluding hydrogens is 318 g/mol. The Morgan fingerprint density at radius 1 is 1.57 bits per heavy atom. The molecule has 1 saturated heterocycles. The smallest absolute Gasteiger partial charge is 0.351 e. The van der Waals surface area contributed by atoms with Crippen LogP contribution in [0.15, 0.2) is 28.5 Å². The Kier molecular flexibility index (Phi) is 4.76. The van der Waals surface area contributed by atoms with Crippen LogP contribution in [0.5, 0.6) is 0 Å². The van der Waals surface area contributed by atoms with Gasteiger partial charge in [0.05, 0.1) is 19.3 Å². The minimum absolute atomic E-state index is 0.258. The number of hydrogen-bond acceptors (Lipinski definition) is 7. The van der Waals surface area contributed by atoms with E-state index in [0.717, 1.165) is 10.4 Å². The quantitative estimate of drug-likeness (QED) is 0.749. The number of ether oxygens (including phenoxy) is 1. The van der Waals surface area contributed by atoms with Crippen LogP contribution < -0.4 is 11.0 Å². The van der Waals surface area contributed by atoms with E-state index in [1.807, 2.05) is 24.4 Å². The average Bonchev–Trinajstić information content (AvgIpc) is 3.17. The number of rotatable bonds is 5. The van der Waals surface area contributed by atoms with Crippen LogP contribution in [0.2, 0.25) is 0 Å². The van der Waals surface area contributed by atoms with Crippen molar-refractivity contribution in [3.8, 4) is 0 Å². The van der Waals surface area contributed by atoms with Gasteiger partial charge in [0.25, 0.3) is 0 Å². The van der Waals surface area contributed by atoms with Gasteiger partial charge in [-0.05, 0) is 18.4 Å². The van der Waals surface area contributed by atoms with Crippen LogP contribution >= 0.6 is 11.3 Å².